The first-order valence-electron chi connectivity index (χ1n) is 7.12. The number of carboxylic acid groups (broad SMARTS) is 1. The first-order valence-corrected chi connectivity index (χ1v) is 7.12. The summed E-state index contributed by atoms with van der Waals surface area (Å²) in [5.74, 6) is -1.88. The van der Waals surface area contributed by atoms with Crippen LogP contribution in [0.5, 0.6) is 0 Å². The van der Waals surface area contributed by atoms with Crippen molar-refractivity contribution in [2.75, 3.05) is 5.32 Å². The van der Waals surface area contributed by atoms with Gasteiger partial charge in [-0.05, 0) is 31.0 Å². The average Bonchev–Trinajstić information content (AvgIpc) is 2.64. The molecule has 2 amide bonds. The largest absolute Gasteiger partial charge is 0.481 e. The molecule has 1 aromatic carbocycles. The third kappa shape index (κ3) is 4.44. The topological polar surface area (TPSA) is 78.4 Å². The number of carbonyl (C=O) groups excluding carboxylic acids is 1. The van der Waals surface area contributed by atoms with Gasteiger partial charge in [0.05, 0.1) is 5.92 Å². The first kappa shape index (κ1) is 15.3. The zero-order valence-corrected chi connectivity index (χ0v) is 11.6. The SMILES string of the molecule is O=C(Nc1cccc(F)c1)NC1CCCCCC1C(=O)O. The van der Waals surface area contributed by atoms with E-state index in [1.54, 1.807) is 6.07 Å². The molecule has 6 heteroatoms. The fourth-order valence-corrected chi connectivity index (χ4v) is 2.68. The van der Waals surface area contributed by atoms with Crippen LogP contribution < -0.4 is 10.6 Å². The Bertz CT molecular complexity index is 521. The van der Waals surface area contributed by atoms with Gasteiger partial charge in [0.25, 0.3) is 0 Å². The molecule has 114 valence electrons. The molecule has 5 nitrogen and oxygen atoms in total. The molecule has 0 bridgehead atoms. The van der Waals surface area contributed by atoms with Gasteiger partial charge in [0.2, 0.25) is 0 Å². The first-order chi connectivity index (χ1) is 10.1. The van der Waals surface area contributed by atoms with Crippen LogP contribution in [0.25, 0.3) is 0 Å². The molecule has 2 unspecified atom stereocenters. The second-order valence-electron chi connectivity index (χ2n) is 5.30. The van der Waals surface area contributed by atoms with E-state index in [2.05, 4.69) is 10.6 Å². The molecule has 21 heavy (non-hydrogen) atoms. The number of aliphatic carboxylic acids is 1. The Kier molecular flexibility index (Phi) is 5.14. The maximum absolute atomic E-state index is 13.0. The summed E-state index contributed by atoms with van der Waals surface area (Å²) >= 11 is 0. The number of halogens is 1. The average molecular weight is 294 g/mol. The van der Waals surface area contributed by atoms with Crippen molar-refractivity contribution in [2.45, 2.75) is 38.1 Å². The fourth-order valence-electron chi connectivity index (χ4n) is 2.68. The minimum Gasteiger partial charge on any atom is -0.481 e. The molecular weight excluding hydrogens is 275 g/mol. The Morgan fingerprint density at radius 2 is 1.95 bits per heavy atom. The van der Waals surface area contributed by atoms with E-state index in [9.17, 15) is 19.1 Å². The summed E-state index contributed by atoms with van der Waals surface area (Å²) in [6, 6.07) is 4.68. The summed E-state index contributed by atoms with van der Waals surface area (Å²) < 4.78 is 13.0. The van der Waals surface area contributed by atoms with Crippen molar-refractivity contribution in [1.29, 1.82) is 0 Å². The molecule has 1 saturated carbocycles. The lowest BCUT2D eigenvalue weighted by Gasteiger charge is -2.23. The van der Waals surface area contributed by atoms with E-state index in [-0.39, 0.29) is 0 Å². The number of rotatable bonds is 3. The molecule has 0 aromatic heterocycles. The molecule has 0 saturated heterocycles. The zero-order chi connectivity index (χ0) is 15.2. The van der Waals surface area contributed by atoms with Crippen molar-refractivity contribution in [2.24, 2.45) is 5.92 Å². The summed E-state index contributed by atoms with van der Waals surface area (Å²) in [5, 5.41) is 14.5. The highest BCUT2D eigenvalue weighted by Gasteiger charge is 2.30. The Morgan fingerprint density at radius 1 is 1.19 bits per heavy atom. The maximum atomic E-state index is 13.0. The van der Waals surface area contributed by atoms with Gasteiger partial charge in [0, 0.05) is 11.7 Å². The second kappa shape index (κ2) is 7.06. The summed E-state index contributed by atoms with van der Waals surface area (Å²) in [5.41, 5.74) is 0.341. The predicted molar refractivity (Wildman–Crippen MR) is 76.6 cm³/mol. The minimum atomic E-state index is -0.882. The molecule has 1 aliphatic carbocycles. The number of urea groups is 1. The van der Waals surface area contributed by atoms with E-state index in [0.717, 1.165) is 19.3 Å². The van der Waals surface area contributed by atoms with Gasteiger partial charge in [-0.2, -0.15) is 0 Å². The molecular formula is C15H19FN2O3. The second-order valence-corrected chi connectivity index (χ2v) is 5.30. The number of benzene rings is 1. The highest BCUT2D eigenvalue weighted by atomic mass is 19.1. The number of carbonyl (C=O) groups is 2. The normalized spacial score (nSPS) is 22.1. The van der Waals surface area contributed by atoms with Crippen LogP contribution in [0.4, 0.5) is 14.9 Å². The molecule has 1 aliphatic rings. The predicted octanol–water partition coefficient (Wildman–Crippen LogP) is 2.98. The number of carboxylic acids is 1. The summed E-state index contributed by atoms with van der Waals surface area (Å²) in [4.78, 5) is 23.2. The Labute approximate surface area is 122 Å². The van der Waals surface area contributed by atoms with Gasteiger partial charge in [-0.3, -0.25) is 4.79 Å². The molecule has 2 rings (SSSR count). The van der Waals surface area contributed by atoms with E-state index in [1.165, 1.54) is 18.2 Å². The van der Waals surface area contributed by atoms with Gasteiger partial charge in [0.1, 0.15) is 5.82 Å². The monoisotopic (exact) mass is 294 g/mol. The number of amides is 2. The van der Waals surface area contributed by atoms with Crippen molar-refractivity contribution >= 4 is 17.7 Å². The molecule has 0 aliphatic heterocycles. The lowest BCUT2D eigenvalue weighted by molar-refractivity contribution is -0.142. The van der Waals surface area contributed by atoms with Crippen molar-refractivity contribution in [3.8, 4) is 0 Å². The van der Waals surface area contributed by atoms with Crippen molar-refractivity contribution < 1.29 is 19.1 Å². The van der Waals surface area contributed by atoms with E-state index in [4.69, 9.17) is 0 Å². The standard InChI is InChI=1S/C15H19FN2O3/c16-10-5-4-6-11(9-10)17-15(21)18-13-8-3-1-2-7-12(13)14(19)20/h4-6,9,12-13H,1-3,7-8H2,(H,19,20)(H2,17,18,21). The lowest BCUT2D eigenvalue weighted by Crippen LogP contribution is -2.44. The molecule has 0 spiro atoms. The maximum Gasteiger partial charge on any atom is 0.319 e. The molecule has 0 radical (unpaired) electrons. The van der Waals surface area contributed by atoms with Crippen LogP contribution >= 0.6 is 0 Å². The molecule has 1 fully saturated rings. The Balaban J connectivity index is 1.97. The van der Waals surface area contributed by atoms with Crippen LogP contribution in [0.1, 0.15) is 32.1 Å². The molecule has 3 N–H and O–H groups in total. The van der Waals surface area contributed by atoms with Crippen LogP contribution in [-0.4, -0.2) is 23.1 Å². The van der Waals surface area contributed by atoms with Crippen molar-refractivity contribution in [3.05, 3.63) is 30.1 Å². The molecule has 0 heterocycles. The van der Waals surface area contributed by atoms with Crippen LogP contribution in [-0.2, 0) is 4.79 Å². The fraction of sp³-hybridized carbons (Fsp3) is 0.467. The van der Waals surface area contributed by atoms with Crippen LogP contribution in [0.15, 0.2) is 24.3 Å². The van der Waals surface area contributed by atoms with Crippen LogP contribution in [0.2, 0.25) is 0 Å². The Hall–Kier alpha value is -2.11. The third-order valence-corrected chi connectivity index (χ3v) is 3.73. The van der Waals surface area contributed by atoms with Crippen molar-refractivity contribution in [1.82, 2.24) is 5.32 Å². The summed E-state index contributed by atoms with van der Waals surface area (Å²) in [6.45, 7) is 0. The Morgan fingerprint density at radius 3 is 2.67 bits per heavy atom. The van der Waals surface area contributed by atoms with Gasteiger partial charge in [-0.15, -0.1) is 0 Å². The minimum absolute atomic E-state index is 0.341. The van der Waals surface area contributed by atoms with Crippen molar-refractivity contribution in [3.63, 3.8) is 0 Å². The van der Waals surface area contributed by atoms with E-state index in [0.29, 0.717) is 18.5 Å². The van der Waals surface area contributed by atoms with E-state index in [1.807, 2.05) is 0 Å². The molecule has 2 atom stereocenters. The highest BCUT2D eigenvalue weighted by Crippen LogP contribution is 2.24. The van der Waals surface area contributed by atoms with Crippen LogP contribution in [0.3, 0.4) is 0 Å². The number of nitrogens with one attached hydrogen (secondary N) is 2. The number of hydrogen-bond acceptors (Lipinski definition) is 2. The molecule has 1 aromatic rings. The van der Waals surface area contributed by atoms with Gasteiger partial charge in [-0.1, -0.05) is 25.3 Å². The zero-order valence-electron chi connectivity index (χ0n) is 11.6. The van der Waals surface area contributed by atoms with Gasteiger partial charge in [-0.25, -0.2) is 9.18 Å². The van der Waals surface area contributed by atoms with Crippen LogP contribution in [0, 0.1) is 11.7 Å². The third-order valence-electron chi connectivity index (χ3n) is 3.73. The lowest BCUT2D eigenvalue weighted by atomic mass is 9.95. The quantitative estimate of drug-likeness (QED) is 0.750. The number of anilines is 1. The van der Waals surface area contributed by atoms with E-state index < -0.39 is 29.8 Å². The summed E-state index contributed by atoms with van der Waals surface area (Å²) in [6.07, 6.45) is 3.95. The highest BCUT2D eigenvalue weighted by molar-refractivity contribution is 5.89. The smallest absolute Gasteiger partial charge is 0.319 e. The summed E-state index contributed by atoms with van der Waals surface area (Å²) in [7, 11) is 0. The van der Waals surface area contributed by atoms with Gasteiger partial charge >= 0.3 is 12.0 Å². The van der Waals surface area contributed by atoms with E-state index >= 15 is 0 Å². The van der Waals surface area contributed by atoms with Gasteiger partial charge < -0.3 is 15.7 Å². The number of hydrogen-bond donors (Lipinski definition) is 3. The van der Waals surface area contributed by atoms with Gasteiger partial charge in [0.15, 0.2) is 0 Å².